The van der Waals surface area contributed by atoms with Gasteiger partial charge in [0.05, 0.1) is 5.69 Å². The van der Waals surface area contributed by atoms with Gasteiger partial charge in [0, 0.05) is 35.5 Å². The van der Waals surface area contributed by atoms with Gasteiger partial charge < -0.3 is 5.32 Å². The van der Waals surface area contributed by atoms with Crippen LogP contribution in [-0.2, 0) is 6.54 Å². The minimum atomic E-state index is 0.901. The lowest BCUT2D eigenvalue weighted by Crippen LogP contribution is -2.29. The maximum absolute atomic E-state index is 4.57. The second-order valence-electron chi connectivity index (χ2n) is 5.08. The maximum Gasteiger partial charge on any atom is 0.0547 e. The first kappa shape index (κ1) is 16.0. The highest BCUT2D eigenvalue weighted by molar-refractivity contribution is 9.10. The van der Waals surface area contributed by atoms with Gasteiger partial charge in [0.2, 0.25) is 0 Å². The standard InChI is InChI=1S/C17H22BrN3/c1-3-21(13-17-9-4-6-14(2)20-17)11-10-19-16-8-5-7-15(18)12-16/h4-9,12,19H,3,10-11,13H2,1-2H3. The third kappa shape index (κ3) is 5.48. The van der Waals surface area contributed by atoms with Gasteiger partial charge in [-0.15, -0.1) is 0 Å². The van der Waals surface area contributed by atoms with E-state index in [2.05, 4.69) is 62.3 Å². The molecule has 0 bridgehead atoms. The molecule has 4 heteroatoms. The highest BCUT2D eigenvalue weighted by atomic mass is 79.9. The molecule has 0 saturated carbocycles. The molecule has 2 aromatic rings. The van der Waals surface area contributed by atoms with Crippen LogP contribution in [0.5, 0.6) is 0 Å². The average molecular weight is 348 g/mol. The number of anilines is 1. The Hall–Kier alpha value is -1.39. The van der Waals surface area contributed by atoms with Crippen molar-refractivity contribution in [2.75, 3.05) is 25.0 Å². The van der Waals surface area contributed by atoms with Gasteiger partial charge in [-0.05, 0) is 43.8 Å². The smallest absolute Gasteiger partial charge is 0.0547 e. The van der Waals surface area contributed by atoms with Crippen molar-refractivity contribution in [3.05, 3.63) is 58.3 Å². The van der Waals surface area contributed by atoms with E-state index >= 15 is 0 Å². The van der Waals surface area contributed by atoms with Crippen LogP contribution >= 0.6 is 15.9 Å². The van der Waals surface area contributed by atoms with E-state index in [1.54, 1.807) is 0 Å². The van der Waals surface area contributed by atoms with Crippen LogP contribution in [0, 0.1) is 6.92 Å². The van der Waals surface area contributed by atoms with Gasteiger partial charge >= 0.3 is 0 Å². The van der Waals surface area contributed by atoms with Crippen molar-refractivity contribution < 1.29 is 0 Å². The summed E-state index contributed by atoms with van der Waals surface area (Å²) < 4.78 is 1.10. The summed E-state index contributed by atoms with van der Waals surface area (Å²) >= 11 is 3.49. The first-order valence-electron chi connectivity index (χ1n) is 7.31. The van der Waals surface area contributed by atoms with E-state index in [0.717, 1.165) is 47.7 Å². The Morgan fingerprint density at radius 1 is 1.19 bits per heavy atom. The van der Waals surface area contributed by atoms with Crippen LogP contribution in [0.3, 0.4) is 0 Å². The number of hydrogen-bond donors (Lipinski definition) is 1. The van der Waals surface area contributed by atoms with E-state index < -0.39 is 0 Å². The predicted octanol–water partition coefficient (Wildman–Crippen LogP) is 4.09. The van der Waals surface area contributed by atoms with Crippen molar-refractivity contribution >= 4 is 21.6 Å². The Morgan fingerprint density at radius 3 is 2.71 bits per heavy atom. The van der Waals surface area contributed by atoms with Gasteiger partial charge in [0.15, 0.2) is 0 Å². The van der Waals surface area contributed by atoms with Gasteiger partial charge in [0.1, 0.15) is 0 Å². The summed E-state index contributed by atoms with van der Waals surface area (Å²) in [4.78, 5) is 6.97. The molecule has 1 N–H and O–H groups in total. The van der Waals surface area contributed by atoms with Gasteiger partial charge in [0.25, 0.3) is 0 Å². The number of pyridine rings is 1. The van der Waals surface area contributed by atoms with Crippen LogP contribution in [-0.4, -0.2) is 29.5 Å². The third-order valence-electron chi connectivity index (χ3n) is 3.36. The first-order valence-corrected chi connectivity index (χ1v) is 8.11. The number of halogens is 1. The fraction of sp³-hybridized carbons (Fsp3) is 0.353. The number of likely N-dealkylation sites (N-methyl/N-ethyl adjacent to an activating group) is 1. The van der Waals surface area contributed by atoms with Crippen molar-refractivity contribution in [2.24, 2.45) is 0 Å². The fourth-order valence-corrected chi connectivity index (χ4v) is 2.62. The van der Waals surface area contributed by atoms with Crippen molar-refractivity contribution in [2.45, 2.75) is 20.4 Å². The maximum atomic E-state index is 4.57. The number of aryl methyl sites for hydroxylation is 1. The molecule has 0 spiro atoms. The molecule has 0 unspecified atom stereocenters. The number of benzene rings is 1. The summed E-state index contributed by atoms with van der Waals surface area (Å²) in [5, 5.41) is 3.46. The summed E-state index contributed by atoms with van der Waals surface area (Å²) in [5.41, 5.74) is 3.37. The molecule has 1 aromatic heterocycles. The zero-order valence-corrected chi connectivity index (χ0v) is 14.2. The second kappa shape index (κ2) is 8.15. The topological polar surface area (TPSA) is 28.2 Å². The van der Waals surface area contributed by atoms with Crippen LogP contribution < -0.4 is 5.32 Å². The Balaban J connectivity index is 1.82. The van der Waals surface area contributed by atoms with Gasteiger partial charge in [-0.2, -0.15) is 0 Å². The molecule has 2 rings (SSSR count). The third-order valence-corrected chi connectivity index (χ3v) is 3.85. The molecule has 0 radical (unpaired) electrons. The average Bonchev–Trinajstić information content (AvgIpc) is 2.46. The molecule has 1 aromatic carbocycles. The molecule has 1 heterocycles. The van der Waals surface area contributed by atoms with E-state index in [9.17, 15) is 0 Å². The van der Waals surface area contributed by atoms with E-state index in [1.807, 2.05) is 25.1 Å². The molecule has 0 aliphatic carbocycles. The van der Waals surface area contributed by atoms with Crippen LogP contribution in [0.25, 0.3) is 0 Å². The quantitative estimate of drug-likeness (QED) is 0.817. The molecule has 0 amide bonds. The summed E-state index contributed by atoms with van der Waals surface area (Å²) in [6.07, 6.45) is 0. The zero-order valence-electron chi connectivity index (χ0n) is 12.6. The van der Waals surface area contributed by atoms with Gasteiger partial charge in [-0.25, -0.2) is 0 Å². The second-order valence-corrected chi connectivity index (χ2v) is 5.99. The van der Waals surface area contributed by atoms with Crippen LogP contribution in [0.15, 0.2) is 46.9 Å². The Labute approximate surface area is 135 Å². The summed E-state index contributed by atoms with van der Waals surface area (Å²) in [7, 11) is 0. The first-order chi connectivity index (χ1) is 10.2. The largest absolute Gasteiger partial charge is 0.384 e. The van der Waals surface area contributed by atoms with Gasteiger partial charge in [-0.1, -0.05) is 35.0 Å². The fourth-order valence-electron chi connectivity index (χ4n) is 2.22. The molecule has 0 aliphatic heterocycles. The highest BCUT2D eigenvalue weighted by Crippen LogP contribution is 2.15. The van der Waals surface area contributed by atoms with E-state index in [-0.39, 0.29) is 0 Å². The van der Waals surface area contributed by atoms with Crippen molar-refractivity contribution in [3.63, 3.8) is 0 Å². The molecule has 0 aliphatic rings. The SMILES string of the molecule is CCN(CCNc1cccc(Br)c1)Cc1cccc(C)n1. The van der Waals surface area contributed by atoms with Crippen LogP contribution in [0.4, 0.5) is 5.69 Å². The lowest BCUT2D eigenvalue weighted by atomic mass is 10.3. The number of nitrogens with zero attached hydrogens (tertiary/aromatic N) is 2. The van der Waals surface area contributed by atoms with E-state index in [0.29, 0.717) is 0 Å². The molecule has 3 nitrogen and oxygen atoms in total. The lowest BCUT2D eigenvalue weighted by molar-refractivity contribution is 0.287. The molecule has 0 atom stereocenters. The minimum Gasteiger partial charge on any atom is -0.384 e. The van der Waals surface area contributed by atoms with Crippen LogP contribution in [0.2, 0.25) is 0 Å². The Morgan fingerprint density at radius 2 is 2.00 bits per heavy atom. The number of hydrogen-bond acceptors (Lipinski definition) is 3. The summed E-state index contributed by atoms with van der Waals surface area (Å²) in [5.74, 6) is 0. The Bertz CT molecular complexity index is 571. The summed E-state index contributed by atoms with van der Waals surface area (Å²) in [6.45, 7) is 8.08. The van der Waals surface area contributed by atoms with E-state index in [4.69, 9.17) is 0 Å². The number of rotatable bonds is 7. The number of aromatic nitrogens is 1. The van der Waals surface area contributed by atoms with Crippen molar-refractivity contribution in [1.29, 1.82) is 0 Å². The summed E-state index contributed by atoms with van der Waals surface area (Å²) in [6, 6.07) is 14.5. The zero-order chi connectivity index (χ0) is 15.1. The van der Waals surface area contributed by atoms with Crippen molar-refractivity contribution in [1.82, 2.24) is 9.88 Å². The Kier molecular flexibility index (Phi) is 6.21. The minimum absolute atomic E-state index is 0.901. The molecular formula is C17H22BrN3. The predicted molar refractivity (Wildman–Crippen MR) is 92.6 cm³/mol. The number of nitrogens with one attached hydrogen (secondary N) is 1. The van der Waals surface area contributed by atoms with Gasteiger partial charge in [-0.3, -0.25) is 9.88 Å². The highest BCUT2D eigenvalue weighted by Gasteiger charge is 2.04. The monoisotopic (exact) mass is 347 g/mol. The van der Waals surface area contributed by atoms with E-state index in [1.165, 1.54) is 0 Å². The van der Waals surface area contributed by atoms with Crippen molar-refractivity contribution in [3.8, 4) is 0 Å². The van der Waals surface area contributed by atoms with Crippen LogP contribution in [0.1, 0.15) is 18.3 Å². The molecule has 112 valence electrons. The lowest BCUT2D eigenvalue weighted by Gasteiger charge is -2.20. The normalized spacial score (nSPS) is 10.9. The molecule has 21 heavy (non-hydrogen) atoms. The molecule has 0 saturated heterocycles. The molecular weight excluding hydrogens is 326 g/mol. The molecule has 0 fully saturated rings.